The van der Waals surface area contributed by atoms with Crippen LogP contribution in [0, 0.1) is 6.92 Å². The van der Waals surface area contributed by atoms with Gasteiger partial charge in [-0.15, -0.1) is 0 Å². The summed E-state index contributed by atoms with van der Waals surface area (Å²) < 4.78 is 11.0. The Hall–Kier alpha value is -0.380. The van der Waals surface area contributed by atoms with E-state index in [9.17, 15) is 0 Å². The van der Waals surface area contributed by atoms with Gasteiger partial charge in [-0.25, -0.2) is 0 Å². The van der Waals surface area contributed by atoms with Gasteiger partial charge in [0, 0.05) is 12.4 Å². The van der Waals surface area contributed by atoms with Crippen molar-refractivity contribution in [3.05, 3.63) is 35.4 Å². The summed E-state index contributed by atoms with van der Waals surface area (Å²) in [6.07, 6.45) is 0.193. The maximum Gasteiger partial charge on any atom is 0.0926 e. The van der Waals surface area contributed by atoms with Crippen LogP contribution in [0.3, 0.4) is 0 Å². The van der Waals surface area contributed by atoms with Gasteiger partial charge in [0.15, 0.2) is 0 Å². The minimum atomic E-state index is 0.0880. The SMILES string of the molecule is COCC(C)OC(CBr)c1cccc(C)c1. The summed E-state index contributed by atoms with van der Waals surface area (Å²) in [5, 5.41) is 0.796. The summed E-state index contributed by atoms with van der Waals surface area (Å²) in [5.74, 6) is 0. The van der Waals surface area contributed by atoms with Crippen LogP contribution in [0.1, 0.15) is 24.2 Å². The van der Waals surface area contributed by atoms with E-state index in [1.54, 1.807) is 7.11 Å². The predicted octanol–water partition coefficient (Wildman–Crippen LogP) is 3.48. The fourth-order valence-corrected chi connectivity index (χ4v) is 2.16. The van der Waals surface area contributed by atoms with Gasteiger partial charge in [0.05, 0.1) is 18.8 Å². The molecule has 0 bridgehead atoms. The standard InChI is InChI=1S/C13H19BrO2/c1-10-5-4-6-12(7-10)13(8-14)16-11(2)9-15-3/h4-7,11,13H,8-9H2,1-3H3. The van der Waals surface area contributed by atoms with E-state index < -0.39 is 0 Å². The number of alkyl halides is 1. The first-order chi connectivity index (χ1) is 7.67. The lowest BCUT2D eigenvalue weighted by Crippen LogP contribution is -2.19. The van der Waals surface area contributed by atoms with Crippen LogP contribution >= 0.6 is 15.9 Å². The summed E-state index contributed by atoms with van der Waals surface area (Å²) >= 11 is 3.49. The number of halogens is 1. The van der Waals surface area contributed by atoms with E-state index in [0.29, 0.717) is 6.61 Å². The maximum atomic E-state index is 5.91. The minimum Gasteiger partial charge on any atom is -0.382 e. The fourth-order valence-electron chi connectivity index (χ4n) is 1.63. The smallest absolute Gasteiger partial charge is 0.0926 e. The van der Waals surface area contributed by atoms with Crippen LogP contribution in [-0.2, 0) is 9.47 Å². The lowest BCUT2D eigenvalue weighted by molar-refractivity contribution is -0.0298. The van der Waals surface area contributed by atoms with Gasteiger partial charge >= 0.3 is 0 Å². The average Bonchev–Trinajstić information content (AvgIpc) is 2.26. The van der Waals surface area contributed by atoms with Gasteiger partial charge in [0.25, 0.3) is 0 Å². The lowest BCUT2D eigenvalue weighted by atomic mass is 10.1. The zero-order valence-electron chi connectivity index (χ0n) is 10.1. The van der Waals surface area contributed by atoms with E-state index in [1.165, 1.54) is 11.1 Å². The van der Waals surface area contributed by atoms with Crippen molar-refractivity contribution in [1.82, 2.24) is 0 Å². The largest absolute Gasteiger partial charge is 0.382 e. The van der Waals surface area contributed by atoms with Crippen molar-refractivity contribution >= 4 is 15.9 Å². The molecule has 90 valence electrons. The summed E-state index contributed by atoms with van der Waals surface area (Å²) in [7, 11) is 1.69. The molecule has 0 aliphatic rings. The van der Waals surface area contributed by atoms with Crippen LogP contribution in [-0.4, -0.2) is 25.2 Å². The number of hydrogen-bond donors (Lipinski definition) is 0. The highest BCUT2D eigenvalue weighted by Crippen LogP contribution is 2.22. The van der Waals surface area contributed by atoms with Crippen molar-refractivity contribution in [3.63, 3.8) is 0 Å². The van der Waals surface area contributed by atoms with Crippen molar-refractivity contribution in [1.29, 1.82) is 0 Å². The first kappa shape index (κ1) is 13.7. The molecule has 0 saturated carbocycles. The Bertz CT molecular complexity index is 315. The number of aryl methyl sites for hydroxylation is 1. The molecule has 16 heavy (non-hydrogen) atoms. The van der Waals surface area contributed by atoms with E-state index in [0.717, 1.165) is 5.33 Å². The van der Waals surface area contributed by atoms with Gasteiger partial charge in [-0.2, -0.15) is 0 Å². The normalized spacial score (nSPS) is 14.8. The monoisotopic (exact) mass is 286 g/mol. The zero-order chi connectivity index (χ0) is 12.0. The summed E-state index contributed by atoms with van der Waals surface area (Å²) in [6, 6.07) is 8.40. The average molecular weight is 287 g/mol. The van der Waals surface area contributed by atoms with Crippen LogP contribution in [0.5, 0.6) is 0 Å². The molecular formula is C13H19BrO2. The molecule has 0 fully saturated rings. The second kappa shape index (κ2) is 7.05. The molecule has 0 heterocycles. The maximum absolute atomic E-state index is 5.91. The number of benzene rings is 1. The molecule has 0 amide bonds. The topological polar surface area (TPSA) is 18.5 Å². The number of methoxy groups -OCH3 is 1. The van der Waals surface area contributed by atoms with Crippen LogP contribution in [0.2, 0.25) is 0 Å². The van der Waals surface area contributed by atoms with E-state index in [2.05, 4.69) is 47.1 Å². The molecule has 0 spiro atoms. The van der Waals surface area contributed by atoms with Crippen LogP contribution in [0.25, 0.3) is 0 Å². The quantitative estimate of drug-likeness (QED) is 0.746. The third kappa shape index (κ3) is 4.24. The molecule has 2 nitrogen and oxygen atoms in total. The highest BCUT2D eigenvalue weighted by atomic mass is 79.9. The first-order valence-electron chi connectivity index (χ1n) is 5.44. The number of hydrogen-bond acceptors (Lipinski definition) is 2. The molecule has 1 rings (SSSR count). The van der Waals surface area contributed by atoms with Crippen molar-refractivity contribution < 1.29 is 9.47 Å². The minimum absolute atomic E-state index is 0.0880. The van der Waals surface area contributed by atoms with E-state index in [4.69, 9.17) is 9.47 Å². The van der Waals surface area contributed by atoms with Gasteiger partial charge in [0.2, 0.25) is 0 Å². The molecule has 0 aliphatic carbocycles. The van der Waals surface area contributed by atoms with Gasteiger partial charge in [-0.3, -0.25) is 0 Å². The zero-order valence-corrected chi connectivity index (χ0v) is 11.7. The lowest BCUT2D eigenvalue weighted by Gasteiger charge is -2.21. The Morgan fingerprint density at radius 3 is 2.69 bits per heavy atom. The van der Waals surface area contributed by atoms with Crippen LogP contribution in [0.15, 0.2) is 24.3 Å². The second-order valence-electron chi connectivity index (χ2n) is 3.96. The molecule has 1 aromatic carbocycles. The predicted molar refractivity (Wildman–Crippen MR) is 70.1 cm³/mol. The van der Waals surface area contributed by atoms with Crippen molar-refractivity contribution in [2.45, 2.75) is 26.1 Å². The van der Waals surface area contributed by atoms with Gasteiger partial charge in [-0.05, 0) is 19.4 Å². The third-order valence-corrected chi connectivity index (χ3v) is 2.94. The molecule has 2 atom stereocenters. The van der Waals surface area contributed by atoms with E-state index in [-0.39, 0.29) is 12.2 Å². The van der Waals surface area contributed by atoms with Crippen LogP contribution in [0.4, 0.5) is 0 Å². The summed E-state index contributed by atoms with van der Waals surface area (Å²) in [5.41, 5.74) is 2.46. The molecular weight excluding hydrogens is 268 g/mol. The van der Waals surface area contributed by atoms with Crippen molar-refractivity contribution in [2.24, 2.45) is 0 Å². The van der Waals surface area contributed by atoms with Gasteiger partial charge < -0.3 is 9.47 Å². The Balaban J connectivity index is 2.67. The number of rotatable bonds is 6. The third-order valence-electron chi connectivity index (χ3n) is 2.35. The van der Waals surface area contributed by atoms with Gasteiger partial charge in [0.1, 0.15) is 0 Å². The first-order valence-corrected chi connectivity index (χ1v) is 6.56. The van der Waals surface area contributed by atoms with Gasteiger partial charge in [-0.1, -0.05) is 45.8 Å². The second-order valence-corrected chi connectivity index (χ2v) is 4.61. The highest BCUT2D eigenvalue weighted by Gasteiger charge is 2.14. The number of ether oxygens (including phenoxy) is 2. The Morgan fingerprint density at radius 1 is 1.38 bits per heavy atom. The summed E-state index contributed by atoms with van der Waals surface area (Å²) in [6.45, 7) is 4.73. The Labute approximate surface area is 106 Å². The Kier molecular flexibility index (Phi) is 6.03. The molecule has 0 aromatic heterocycles. The van der Waals surface area contributed by atoms with Crippen LogP contribution < -0.4 is 0 Å². The molecule has 0 saturated heterocycles. The fraction of sp³-hybridized carbons (Fsp3) is 0.538. The van der Waals surface area contributed by atoms with Crippen molar-refractivity contribution in [2.75, 3.05) is 19.0 Å². The molecule has 1 aromatic rings. The van der Waals surface area contributed by atoms with E-state index >= 15 is 0 Å². The molecule has 0 aliphatic heterocycles. The van der Waals surface area contributed by atoms with E-state index in [1.807, 2.05) is 6.92 Å². The molecule has 2 unspecified atom stereocenters. The van der Waals surface area contributed by atoms with Crippen molar-refractivity contribution in [3.8, 4) is 0 Å². The molecule has 0 N–H and O–H groups in total. The summed E-state index contributed by atoms with van der Waals surface area (Å²) in [4.78, 5) is 0. The molecule has 0 radical (unpaired) electrons. The Morgan fingerprint density at radius 2 is 2.12 bits per heavy atom. The molecule has 3 heteroatoms. The highest BCUT2D eigenvalue weighted by molar-refractivity contribution is 9.09.